The SMILES string of the molecule is CN(CC(=O)N(C)C1CCCCC1)C(=O)CCl. The summed E-state index contributed by atoms with van der Waals surface area (Å²) in [5, 5.41) is 0. The molecular weight excluding hydrogens is 240 g/mol. The number of carbonyl (C=O) groups excluding carboxylic acids is 2. The van der Waals surface area contributed by atoms with E-state index in [1.54, 1.807) is 11.9 Å². The summed E-state index contributed by atoms with van der Waals surface area (Å²) < 4.78 is 0. The Balaban J connectivity index is 2.43. The summed E-state index contributed by atoms with van der Waals surface area (Å²) in [5.74, 6) is -0.286. The van der Waals surface area contributed by atoms with Gasteiger partial charge in [-0.1, -0.05) is 19.3 Å². The van der Waals surface area contributed by atoms with Crippen LogP contribution >= 0.6 is 11.6 Å². The van der Waals surface area contributed by atoms with E-state index >= 15 is 0 Å². The molecule has 0 atom stereocenters. The molecule has 1 aliphatic carbocycles. The zero-order chi connectivity index (χ0) is 12.8. The van der Waals surface area contributed by atoms with Gasteiger partial charge in [0.05, 0.1) is 6.54 Å². The van der Waals surface area contributed by atoms with Gasteiger partial charge in [0.1, 0.15) is 5.88 Å². The van der Waals surface area contributed by atoms with Crippen LogP contribution in [0.1, 0.15) is 32.1 Å². The third-order valence-corrected chi connectivity index (χ3v) is 3.66. The van der Waals surface area contributed by atoms with Gasteiger partial charge in [-0.2, -0.15) is 0 Å². The van der Waals surface area contributed by atoms with Gasteiger partial charge in [0.15, 0.2) is 0 Å². The maximum absolute atomic E-state index is 12.0. The van der Waals surface area contributed by atoms with Crippen LogP contribution in [0.25, 0.3) is 0 Å². The molecule has 0 heterocycles. The van der Waals surface area contributed by atoms with Crippen LogP contribution in [0.3, 0.4) is 0 Å². The normalized spacial score (nSPS) is 16.6. The van der Waals surface area contributed by atoms with Gasteiger partial charge in [0, 0.05) is 20.1 Å². The Morgan fingerprint density at radius 2 is 1.71 bits per heavy atom. The number of amides is 2. The first-order valence-corrected chi connectivity index (χ1v) is 6.65. The van der Waals surface area contributed by atoms with Crippen LogP contribution < -0.4 is 0 Å². The summed E-state index contributed by atoms with van der Waals surface area (Å²) in [6.07, 6.45) is 5.81. The molecule has 0 N–H and O–H groups in total. The monoisotopic (exact) mass is 260 g/mol. The van der Waals surface area contributed by atoms with Crippen molar-refractivity contribution in [2.24, 2.45) is 0 Å². The predicted octanol–water partition coefficient (Wildman–Crippen LogP) is 1.47. The van der Waals surface area contributed by atoms with Gasteiger partial charge < -0.3 is 9.80 Å². The highest BCUT2D eigenvalue weighted by atomic mass is 35.5. The molecule has 0 saturated heterocycles. The van der Waals surface area contributed by atoms with Crippen LogP contribution in [-0.4, -0.2) is 54.2 Å². The van der Waals surface area contributed by atoms with E-state index in [9.17, 15) is 9.59 Å². The van der Waals surface area contributed by atoms with Crippen molar-refractivity contribution in [3.63, 3.8) is 0 Å². The third-order valence-electron chi connectivity index (χ3n) is 3.43. The number of nitrogens with zero attached hydrogens (tertiary/aromatic N) is 2. The average molecular weight is 261 g/mol. The molecule has 1 aliphatic rings. The summed E-state index contributed by atoms with van der Waals surface area (Å²) >= 11 is 5.44. The maximum atomic E-state index is 12.0. The lowest BCUT2D eigenvalue weighted by Gasteiger charge is -2.32. The molecule has 0 bridgehead atoms. The van der Waals surface area contributed by atoms with Crippen molar-refractivity contribution in [2.45, 2.75) is 38.1 Å². The summed E-state index contributed by atoms with van der Waals surface area (Å²) in [7, 11) is 3.44. The van der Waals surface area contributed by atoms with Crippen molar-refractivity contribution in [3.8, 4) is 0 Å². The highest BCUT2D eigenvalue weighted by Crippen LogP contribution is 2.21. The van der Waals surface area contributed by atoms with E-state index in [0.717, 1.165) is 12.8 Å². The standard InChI is InChI=1S/C12H21ClN2O2/c1-14(11(16)8-13)9-12(17)15(2)10-6-4-3-5-7-10/h10H,3-9H2,1-2H3. The Morgan fingerprint density at radius 1 is 1.12 bits per heavy atom. The summed E-state index contributed by atoms with van der Waals surface area (Å²) in [5.41, 5.74) is 0. The van der Waals surface area contributed by atoms with E-state index in [2.05, 4.69) is 0 Å². The zero-order valence-corrected chi connectivity index (χ0v) is 11.4. The van der Waals surface area contributed by atoms with E-state index in [0.29, 0.717) is 6.04 Å². The van der Waals surface area contributed by atoms with Crippen LogP contribution in [-0.2, 0) is 9.59 Å². The molecule has 0 aliphatic heterocycles. The average Bonchev–Trinajstić information content (AvgIpc) is 2.37. The number of hydrogen-bond donors (Lipinski definition) is 0. The molecule has 0 radical (unpaired) electrons. The number of carbonyl (C=O) groups is 2. The Kier molecular flexibility index (Phi) is 5.75. The smallest absolute Gasteiger partial charge is 0.242 e. The van der Waals surface area contributed by atoms with Crippen LogP contribution in [0.4, 0.5) is 0 Å². The Morgan fingerprint density at radius 3 is 2.24 bits per heavy atom. The van der Waals surface area contributed by atoms with Gasteiger partial charge in [-0.25, -0.2) is 0 Å². The van der Waals surface area contributed by atoms with Crippen molar-refractivity contribution >= 4 is 23.4 Å². The molecule has 0 spiro atoms. The van der Waals surface area contributed by atoms with Crippen molar-refractivity contribution in [3.05, 3.63) is 0 Å². The Bertz CT molecular complexity index is 278. The summed E-state index contributed by atoms with van der Waals surface area (Å²) in [6, 6.07) is 0.343. The Hall–Kier alpha value is -0.770. The van der Waals surface area contributed by atoms with Crippen LogP contribution in [0.15, 0.2) is 0 Å². The first-order chi connectivity index (χ1) is 8.06. The number of rotatable bonds is 4. The highest BCUT2D eigenvalue weighted by Gasteiger charge is 2.23. The first-order valence-electron chi connectivity index (χ1n) is 6.12. The summed E-state index contributed by atoms with van der Waals surface area (Å²) in [4.78, 5) is 26.4. The molecule has 98 valence electrons. The number of halogens is 1. The van der Waals surface area contributed by atoms with Gasteiger partial charge in [-0.3, -0.25) is 9.59 Å². The van der Waals surface area contributed by atoms with Gasteiger partial charge >= 0.3 is 0 Å². The minimum absolute atomic E-state index is 0.00198. The molecule has 0 unspecified atom stereocenters. The predicted molar refractivity (Wildman–Crippen MR) is 68.0 cm³/mol. The second-order valence-corrected chi connectivity index (χ2v) is 4.95. The zero-order valence-electron chi connectivity index (χ0n) is 10.6. The molecule has 1 saturated carbocycles. The topological polar surface area (TPSA) is 40.6 Å². The lowest BCUT2D eigenvalue weighted by molar-refractivity contribution is -0.139. The maximum Gasteiger partial charge on any atom is 0.242 e. The van der Waals surface area contributed by atoms with E-state index < -0.39 is 0 Å². The molecule has 2 amide bonds. The fourth-order valence-electron chi connectivity index (χ4n) is 2.18. The number of alkyl halides is 1. The second kappa shape index (κ2) is 6.84. The van der Waals surface area contributed by atoms with Gasteiger partial charge in [0.2, 0.25) is 11.8 Å². The molecule has 0 aromatic heterocycles. The summed E-state index contributed by atoms with van der Waals surface area (Å²) in [6.45, 7) is 0.124. The molecule has 17 heavy (non-hydrogen) atoms. The quantitative estimate of drug-likeness (QED) is 0.719. The van der Waals surface area contributed by atoms with E-state index in [1.807, 2.05) is 7.05 Å². The second-order valence-electron chi connectivity index (χ2n) is 4.68. The van der Waals surface area contributed by atoms with Gasteiger partial charge in [-0.05, 0) is 12.8 Å². The molecular formula is C12H21ClN2O2. The van der Waals surface area contributed by atoms with Crippen molar-refractivity contribution in [1.29, 1.82) is 0 Å². The molecule has 5 heteroatoms. The van der Waals surface area contributed by atoms with Crippen LogP contribution in [0, 0.1) is 0 Å². The van der Waals surface area contributed by atoms with Crippen molar-refractivity contribution < 1.29 is 9.59 Å². The fourth-order valence-corrected chi connectivity index (χ4v) is 2.38. The number of hydrogen-bond acceptors (Lipinski definition) is 2. The van der Waals surface area contributed by atoms with Crippen molar-refractivity contribution in [2.75, 3.05) is 26.5 Å². The first kappa shape index (κ1) is 14.3. The van der Waals surface area contributed by atoms with Crippen LogP contribution in [0.2, 0.25) is 0 Å². The Labute approximate surface area is 108 Å². The van der Waals surface area contributed by atoms with Gasteiger partial charge in [-0.15, -0.1) is 11.6 Å². The van der Waals surface area contributed by atoms with Gasteiger partial charge in [0.25, 0.3) is 0 Å². The molecule has 0 aromatic carbocycles. The number of likely N-dealkylation sites (N-methyl/N-ethyl adjacent to an activating group) is 2. The highest BCUT2D eigenvalue weighted by molar-refractivity contribution is 6.27. The van der Waals surface area contributed by atoms with E-state index in [-0.39, 0.29) is 24.2 Å². The lowest BCUT2D eigenvalue weighted by Crippen LogP contribution is -2.44. The lowest BCUT2D eigenvalue weighted by atomic mass is 9.94. The van der Waals surface area contributed by atoms with E-state index in [1.165, 1.54) is 24.2 Å². The third kappa shape index (κ3) is 4.19. The van der Waals surface area contributed by atoms with Crippen LogP contribution in [0.5, 0.6) is 0 Å². The molecule has 1 rings (SSSR count). The molecule has 1 fully saturated rings. The fraction of sp³-hybridized carbons (Fsp3) is 0.833. The molecule has 4 nitrogen and oxygen atoms in total. The minimum atomic E-state index is -0.211. The molecule has 0 aromatic rings. The minimum Gasteiger partial charge on any atom is -0.341 e. The van der Waals surface area contributed by atoms with E-state index in [4.69, 9.17) is 11.6 Å². The van der Waals surface area contributed by atoms with Crippen molar-refractivity contribution in [1.82, 2.24) is 9.80 Å². The largest absolute Gasteiger partial charge is 0.341 e.